The van der Waals surface area contributed by atoms with E-state index in [1.54, 1.807) is 7.11 Å². The van der Waals surface area contributed by atoms with Crippen molar-refractivity contribution in [2.24, 2.45) is 5.73 Å². The Bertz CT molecular complexity index is 644. The van der Waals surface area contributed by atoms with E-state index >= 15 is 0 Å². The highest BCUT2D eigenvalue weighted by molar-refractivity contribution is 9.10. The van der Waals surface area contributed by atoms with Crippen LogP contribution in [0.5, 0.6) is 11.5 Å². The van der Waals surface area contributed by atoms with Crippen LogP contribution in [0.15, 0.2) is 46.9 Å². The van der Waals surface area contributed by atoms with Crippen molar-refractivity contribution < 1.29 is 9.47 Å². The van der Waals surface area contributed by atoms with Crippen molar-refractivity contribution in [1.29, 1.82) is 0 Å². The summed E-state index contributed by atoms with van der Waals surface area (Å²) in [5.41, 5.74) is 8.84. The maximum Gasteiger partial charge on any atom is 0.122 e. The fraction of sp³-hybridized carbons (Fsp3) is 0.294. The second-order valence-electron chi connectivity index (χ2n) is 5.19. The van der Waals surface area contributed by atoms with Crippen molar-refractivity contribution in [2.45, 2.75) is 18.4 Å². The van der Waals surface area contributed by atoms with Gasteiger partial charge in [0.15, 0.2) is 0 Å². The molecule has 0 aromatic heterocycles. The molecule has 110 valence electrons. The van der Waals surface area contributed by atoms with Crippen molar-refractivity contribution in [3.8, 4) is 11.5 Å². The lowest BCUT2D eigenvalue weighted by Gasteiger charge is -2.31. The summed E-state index contributed by atoms with van der Waals surface area (Å²) in [4.78, 5) is 0. The molecule has 1 aliphatic rings. The van der Waals surface area contributed by atoms with Crippen LogP contribution in [-0.2, 0) is 0 Å². The maximum atomic E-state index is 6.55. The maximum absolute atomic E-state index is 6.55. The zero-order valence-electron chi connectivity index (χ0n) is 11.9. The fourth-order valence-corrected chi connectivity index (χ4v) is 3.49. The molecule has 2 atom stereocenters. The van der Waals surface area contributed by atoms with Crippen LogP contribution in [0.3, 0.4) is 0 Å². The predicted octanol–water partition coefficient (Wildman–Crippen LogP) is 4.02. The number of halogens is 1. The van der Waals surface area contributed by atoms with Gasteiger partial charge in [0.1, 0.15) is 11.5 Å². The Morgan fingerprint density at radius 1 is 1.29 bits per heavy atom. The average Bonchev–Trinajstić information content (AvgIpc) is 2.53. The largest absolute Gasteiger partial charge is 0.497 e. The predicted molar refractivity (Wildman–Crippen MR) is 86.9 cm³/mol. The van der Waals surface area contributed by atoms with Gasteiger partial charge in [-0.05, 0) is 35.7 Å². The van der Waals surface area contributed by atoms with E-state index in [1.807, 2.05) is 36.4 Å². The zero-order chi connectivity index (χ0) is 14.8. The molecule has 0 saturated carbocycles. The van der Waals surface area contributed by atoms with Gasteiger partial charge in [-0.15, -0.1) is 0 Å². The third-order valence-corrected chi connectivity index (χ3v) is 4.69. The molecule has 4 heteroatoms. The van der Waals surface area contributed by atoms with Gasteiger partial charge in [-0.2, -0.15) is 0 Å². The molecule has 2 aromatic rings. The molecule has 0 spiro atoms. The van der Waals surface area contributed by atoms with Gasteiger partial charge in [-0.25, -0.2) is 0 Å². The van der Waals surface area contributed by atoms with E-state index in [9.17, 15) is 0 Å². The van der Waals surface area contributed by atoms with Gasteiger partial charge < -0.3 is 15.2 Å². The van der Waals surface area contributed by atoms with Crippen LogP contribution < -0.4 is 15.2 Å². The Labute approximate surface area is 133 Å². The minimum atomic E-state index is -0.0738. The number of nitrogens with two attached hydrogens (primary N) is 1. The van der Waals surface area contributed by atoms with Crippen molar-refractivity contribution in [2.75, 3.05) is 13.7 Å². The Morgan fingerprint density at radius 3 is 2.86 bits per heavy atom. The zero-order valence-corrected chi connectivity index (χ0v) is 13.5. The lowest BCUT2D eigenvalue weighted by molar-refractivity contribution is 0.255. The Hall–Kier alpha value is -1.52. The minimum absolute atomic E-state index is 0.0738. The van der Waals surface area contributed by atoms with Gasteiger partial charge in [-0.3, -0.25) is 0 Å². The number of benzene rings is 2. The first-order chi connectivity index (χ1) is 10.2. The minimum Gasteiger partial charge on any atom is -0.497 e. The van der Waals surface area contributed by atoms with E-state index in [1.165, 1.54) is 5.56 Å². The lowest BCUT2D eigenvalue weighted by Crippen LogP contribution is -2.25. The van der Waals surface area contributed by atoms with Crippen LogP contribution in [0.25, 0.3) is 0 Å². The van der Waals surface area contributed by atoms with Crippen LogP contribution in [0, 0.1) is 0 Å². The first-order valence-corrected chi connectivity index (χ1v) is 7.80. The molecule has 0 amide bonds. The smallest absolute Gasteiger partial charge is 0.122 e. The summed E-state index contributed by atoms with van der Waals surface area (Å²) in [6.45, 7) is 0.711. The summed E-state index contributed by atoms with van der Waals surface area (Å²) in [6, 6.07) is 14.0. The Balaban J connectivity index is 1.94. The van der Waals surface area contributed by atoms with Gasteiger partial charge in [0.05, 0.1) is 13.7 Å². The first-order valence-electron chi connectivity index (χ1n) is 7.01. The Morgan fingerprint density at radius 2 is 2.10 bits per heavy atom. The summed E-state index contributed by atoms with van der Waals surface area (Å²) in [5, 5.41) is 0. The van der Waals surface area contributed by atoms with E-state index < -0.39 is 0 Å². The van der Waals surface area contributed by atoms with E-state index in [0.717, 1.165) is 28.0 Å². The molecule has 0 radical (unpaired) electrons. The second-order valence-corrected chi connectivity index (χ2v) is 6.05. The molecule has 2 N–H and O–H groups in total. The van der Waals surface area contributed by atoms with Gasteiger partial charge in [0.25, 0.3) is 0 Å². The Kier molecular flexibility index (Phi) is 4.17. The van der Waals surface area contributed by atoms with Crippen LogP contribution >= 0.6 is 15.9 Å². The van der Waals surface area contributed by atoms with Crippen molar-refractivity contribution in [3.63, 3.8) is 0 Å². The number of ether oxygens (including phenoxy) is 2. The summed E-state index contributed by atoms with van der Waals surface area (Å²) >= 11 is 3.60. The number of rotatable bonds is 3. The molecule has 0 bridgehead atoms. The molecule has 0 saturated heterocycles. The third-order valence-electron chi connectivity index (χ3n) is 4.01. The molecule has 3 rings (SSSR count). The van der Waals surface area contributed by atoms with Crippen LogP contribution in [0.2, 0.25) is 0 Å². The van der Waals surface area contributed by atoms with Crippen LogP contribution in [0.1, 0.15) is 29.5 Å². The van der Waals surface area contributed by atoms with Crippen LogP contribution in [0.4, 0.5) is 0 Å². The summed E-state index contributed by atoms with van der Waals surface area (Å²) < 4.78 is 11.9. The van der Waals surface area contributed by atoms with Gasteiger partial charge in [-0.1, -0.05) is 40.2 Å². The summed E-state index contributed by atoms with van der Waals surface area (Å²) in [5.74, 6) is 2.04. The highest BCUT2D eigenvalue weighted by atomic mass is 79.9. The van der Waals surface area contributed by atoms with Crippen molar-refractivity contribution in [1.82, 2.24) is 0 Å². The quantitative estimate of drug-likeness (QED) is 0.911. The summed E-state index contributed by atoms with van der Waals surface area (Å²) in [6.07, 6.45) is 0.927. The molecule has 0 fully saturated rings. The molecular formula is C17H18BrNO2. The molecule has 3 nitrogen and oxygen atoms in total. The molecule has 0 aliphatic carbocycles. The number of fused-ring (bicyclic) bond motifs is 1. The standard InChI is InChI=1S/C17H18BrNO2/c1-20-11-6-7-14(15(18)10-11)17(19)13-8-9-21-16-5-3-2-4-12(13)16/h2-7,10,13,17H,8-9,19H2,1H3. The molecule has 1 aliphatic heterocycles. The van der Waals surface area contributed by atoms with Gasteiger partial charge in [0.2, 0.25) is 0 Å². The molecule has 1 heterocycles. The summed E-state index contributed by atoms with van der Waals surface area (Å²) in [7, 11) is 1.66. The van der Waals surface area contributed by atoms with E-state index in [-0.39, 0.29) is 12.0 Å². The molecule has 2 unspecified atom stereocenters. The number of para-hydroxylation sites is 1. The number of hydrogen-bond acceptors (Lipinski definition) is 3. The first kappa shape index (κ1) is 14.4. The van der Waals surface area contributed by atoms with Gasteiger partial charge >= 0.3 is 0 Å². The average molecular weight is 348 g/mol. The number of hydrogen-bond donors (Lipinski definition) is 1. The van der Waals surface area contributed by atoms with Crippen molar-refractivity contribution >= 4 is 15.9 Å². The highest BCUT2D eigenvalue weighted by Crippen LogP contribution is 2.42. The van der Waals surface area contributed by atoms with E-state index in [4.69, 9.17) is 15.2 Å². The molecule has 2 aromatic carbocycles. The monoisotopic (exact) mass is 347 g/mol. The van der Waals surface area contributed by atoms with E-state index in [0.29, 0.717) is 6.61 Å². The fourth-order valence-electron chi connectivity index (χ4n) is 2.86. The second kappa shape index (κ2) is 6.08. The number of methoxy groups -OCH3 is 1. The third kappa shape index (κ3) is 2.78. The topological polar surface area (TPSA) is 44.5 Å². The highest BCUT2D eigenvalue weighted by Gasteiger charge is 2.28. The molecule has 21 heavy (non-hydrogen) atoms. The normalized spacial score (nSPS) is 18.5. The van der Waals surface area contributed by atoms with Crippen molar-refractivity contribution in [3.05, 3.63) is 58.1 Å². The lowest BCUT2D eigenvalue weighted by atomic mass is 9.84. The van der Waals surface area contributed by atoms with Crippen LogP contribution in [-0.4, -0.2) is 13.7 Å². The SMILES string of the molecule is COc1ccc(C(N)C2CCOc3ccccc32)c(Br)c1. The van der Waals surface area contributed by atoms with E-state index in [2.05, 4.69) is 22.0 Å². The molecular weight excluding hydrogens is 330 g/mol. The van der Waals surface area contributed by atoms with Gasteiger partial charge in [0, 0.05) is 16.4 Å².